The third-order valence-electron chi connectivity index (χ3n) is 3.50. The second-order valence-corrected chi connectivity index (χ2v) is 5.88. The summed E-state index contributed by atoms with van der Waals surface area (Å²) in [5, 5.41) is 24.4. The summed E-state index contributed by atoms with van der Waals surface area (Å²) < 4.78 is 0. The average Bonchev–Trinajstić information content (AvgIpc) is 2.52. The molecule has 0 rings (SSSR count). The van der Waals surface area contributed by atoms with Crippen LogP contribution in [0.2, 0.25) is 0 Å². The van der Waals surface area contributed by atoms with Gasteiger partial charge in [-0.1, -0.05) is 58.3 Å². The summed E-state index contributed by atoms with van der Waals surface area (Å²) in [5.74, 6) is -1.94. The van der Waals surface area contributed by atoms with Crippen LogP contribution >= 0.6 is 0 Å². The van der Waals surface area contributed by atoms with Crippen molar-refractivity contribution < 1.29 is 59.3 Å². The fraction of sp³-hybridized carbons (Fsp3) is 0.833. The summed E-state index contributed by atoms with van der Waals surface area (Å²) in [6.45, 7) is 2.25. The van der Waals surface area contributed by atoms with Crippen LogP contribution in [0.5, 0.6) is 0 Å². The zero-order valence-electron chi connectivity index (χ0n) is 16.5. The van der Waals surface area contributed by atoms with Crippen LogP contribution in [0.3, 0.4) is 0 Å². The van der Waals surface area contributed by atoms with Crippen molar-refractivity contribution in [3.63, 3.8) is 0 Å². The maximum absolute atomic E-state index is 11.1. The van der Waals surface area contributed by atoms with Gasteiger partial charge in [-0.3, -0.25) is 14.4 Å². The number of hydrogen-bond donors (Lipinski definition) is 3. The molecule has 0 saturated carbocycles. The van der Waals surface area contributed by atoms with E-state index in [2.05, 4.69) is 6.92 Å². The molecular weight excluding hydrogens is 349 g/mol. The monoisotopic (exact) mass is 385 g/mol. The zero-order chi connectivity index (χ0) is 18.6. The maximum atomic E-state index is 11.1. The summed E-state index contributed by atoms with van der Waals surface area (Å²) >= 11 is 0. The van der Waals surface area contributed by atoms with Gasteiger partial charge in [0.15, 0.2) is 0 Å². The Kier molecular flexibility index (Phi) is 34.1. The molecule has 0 bridgehead atoms. The number of carboxylic acids is 2. The molecule has 0 atom stereocenters. The Hall–Kier alpha value is -0.470. The number of Topliss-reactive ketones (excluding diaryl/α,β-unsaturated/α-hetero) is 1. The van der Waals surface area contributed by atoms with Crippen molar-refractivity contribution in [1.29, 1.82) is 0 Å². The number of aliphatic hydroxyl groups excluding tert-OH is 1. The average molecular weight is 385 g/mol. The fourth-order valence-corrected chi connectivity index (χ4v) is 2.10. The number of hydrogen-bond acceptors (Lipinski definition) is 4. The molecule has 0 amide bonds. The van der Waals surface area contributed by atoms with E-state index in [0.29, 0.717) is 12.8 Å². The first-order valence-corrected chi connectivity index (χ1v) is 9.00. The van der Waals surface area contributed by atoms with E-state index in [-0.39, 0.29) is 60.9 Å². The van der Waals surface area contributed by atoms with Crippen LogP contribution in [-0.4, -0.2) is 39.6 Å². The number of nitrogens with two attached hydrogens (primary N) is 1. The Morgan fingerprint density at radius 3 is 1.38 bits per heavy atom. The molecule has 0 saturated heterocycles. The molecule has 0 aromatic heterocycles. The van der Waals surface area contributed by atoms with Crippen molar-refractivity contribution in [3.05, 3.63) is 6.15 Å². The minimum absolute atomic E-state index is 0. The van der Waals surface area contributed by atoms with Crippen LogP contribution < -0.4 is 29.6 Å². The van der Waals surface area contributed by atoms with Crippen molar-refractivity contribution in [2.45, 2.75) is 90.4 Å². The predicted molar refractivity (Wildman–Crippen MR) is 98.3 cm³/mol. The number of rotatable bonds is 15. The molecule has 5 N–H and O–H groups in total. The van der Waals surface area contributed by atoms with Gasteiger partial charge in [-0.15, -0.1) is 0 Å². The van der Waals surface area contributed by atoms with Gasteiger partial charge in [-0.25, -0.2) is 0 Å². The van der Waals surface area contributed by atoms with Gasteiger partial charge in [0.25, 0.3) is 0 Å². The Morgan fingerprint density at radius 2 is 1.04 bits per heavy atom. The van der Waals surface area contributed by atoms with Crippen LogP contribution in [0.15, 0.2) is 0 Å². The van der Waals surface area contributed by atoms with Crippen molar-refractivity contribution in [1.82, 2.24) is 0 Å². The van der Waals surface area contributed by atoms with Gasteiger partial charge in [0, 0.05) is 19.4 Å². The molecule has 8 heteroatoms. The van der Waals surface area contributed by atoms with Crippen LogP contribution in [0, 0.1) is 0 Å². The van der Waals surface area contributed by atoms with Gasteiger partial charge in [0.1, 0.15) is 5.78 Å². The third-order valence-corrected chi connectivity index (χ3v) is 3.50. The molecule has 0 aromatic carbocycles. The first-order chi connectivity index (χ1) is 11.4. The minimum Gasteiger partial charge on any atom is -0.693 e. The summed E-state index contributed by atoms with van der Waals surface area (Å²) in [4.78, 5) is 30.4. The molecule has 0 unspecified atom stereocenters. The van der Waals surface area contributed by atoms with Crippen molar-refractivity contribution >= 4 is 17.7 Å². The van der Waals surface area contributed by atoms with Gasteiger partial charge in [-0.05, 0) is 6.42 Å². The van der Waals surface area contributed by atoms with Gasteiger partial charge < -0.3 is 21.5 Å². The van der Waals surface area contributed by atoms with Gasteiger partial charge in [0.05, 0.1) is 12.8 Å². The SMILES string of the molecule is CCCCCCCCCCCC(=O)CCO.O=C(O)CCC(=O)O.[NH2-].[Na+]. The van der Waals surface area contributed by atoms with Gasteiger partial charge >= 0.3 is 41.5 Å². The fourth-order valence-electron chi connectivity index (χ4n) is 2.10. The normalized spacial score (nSPS) is 9.15. The number of ketones is 1. The van der Waals surface area contributed by atoms with E-state index in [1.807, 2.05) is 0 Å². The van der Waals surface area contributed by atoms with E-state index >= 15 is 0 Å². The van der Waals surface area contributed by atoms with Crippen molar-refractivity contribution in [2.75, 3.05) is 6.61 Å². The summed E-state index contributed by atoms with van der Waals surface area (Å²) in [6.07, 6.45) is 12.0. The number of aliphatic hydroxyl groups is 1. The maximum Gasteiger partial charge on any atom is 1.00 e. The molecule has 0 aliphatic heterocycles. The van der Waals surface area contributed by atoms with Crippen LogP contribution in [-0.2, 0) is 14.4 Å². The quantitative estimate of drug-likeness (QED) is 0.288. The van der Waals surface area contributed by atoms with Crippen LogP contribution in [0.25, 0.3) is 6.15 Å². The number of unbranched alkanes of at least 4 members (excludes halogenated alkanes) is 8. The molecule has 26 heavy (non-hydrogen) atoms. The molecular formula is C18H36NNaO6. The third kappa shape index (κ3) is 34.8. The number of carboxylic acid groups (broad SMARTS) is 2. The van der Waals surface area contributed by atoms with Crippen LogP contribution in [0.1, 0.15) is 90.4 Å². The van der Waals surface area contributed by atoms with E-state index in [0.717, 1.165) is 6.42 Å². The second kappa shape index (κ2) is 26.8. The van der Waals surface area contributed by atoms with E-state index in [9.17, 15) is 14.4 Å². The smallest absolute Gasteiger partial charge is 0.693 e. The van der Waals surface area contributed by atoms with Gasteiger partial charge in [0.2, 0.25) is 0 Å². The van der Waals surface area contributed by atoms with E-state index in [1.165, 1.54) is 51.4 Å². The molecule has 150 valence electrons. The largest absolute Gasteiger partial charge is 1.00 e. The predicted octanol–water partition coefficient (Wildman–Crippen LogP) is 1.52. The Balaban J connectivity index is -0.000000208. The molecule has 0 spiro atoms. The zero-order valence-corrected chi connectivity index (χ0v) is 18.5. The molecule has 0 aliphatic rings. The van der Waals surface area contributed by atoms with Crippen molar-refractivity contribution in [2.24, 2.45) is 0 Å². The number of carbonyl (C=O) groups is 3. The standard InChI is InChI=1S/C14H28O2.C4H6O4.H2N.Na/c1-2-3-4-5-6-7-8-9-10-11-14(16)12-13-15;5-3(6)1-2-4(7)8;;/h15H,2-13H2,1H3;1-2H2,(H,5,6)(H,7,8);1H2;/q;;-1;+1. The van der Waals surface area contributed by atoms with E-state index in [1.54, 1.807) is 0 Å². The molecule has 0 aliphatic carbocycles. The topological polar surface area (TPSA) is 145 Å². The number of aliphatic carboxylic acids is 2. The Bertz CT molecular complexity index is 326. The molecule has 7 nitrogen and oxygen atoms in total. The van der Waals surface area contributed by atoms with Gasteiger partial charge in [-0.2, -0.15) is 0 Å². The van der Waals surface area contributed by atoms with Crippen LogP contribution in [0.4, 0.5) is 0 Å². The summed E-state index contributed by atoms with van der Waals surface area (Å²) in [6, 6.07) is 0. The van der Waals surface area contributed by atoms with E-state index in [4.69, 9.17) is 15.3 Å². The molecule has 0 radical (unpaired) electrons. The summed E-state index contributed by atoms with van der Waals surface area (Å²) in [5.41, 5.74) is 0. The summed E-state index contributed by atoms with van der Waals surface area (Å²) in [7, 11) is 0. The van der Waals surface area contributed by atoms with Crippen molar-refractivity contribution in [3.8, 4) is 0 Å². The molecule has 0 fully saturated rings. The minimum atomic E-state index is -1.08. The Morgan fingerprint density at radius 1 is 0.654 bits per heavy atom. The number of carbonyl (C=O) groups excluding carboxylic acids is 1. The Labute approximate surface area is 179 Å². The first kappa shape index (κ1) is 33.1. The first-order valence-electron chi connectivity index (χ1n) is 9.00. The molecule has 0 aromatic rings. The second-order valence-electron chi connectivity index (χ2n) is 5.88. The van der Waals surface area contributed by atoms with E-state index < -0.39 is 11.9 Å². The molecule has 0 heterocycles.